The van der Waals surface area contributed by atoms with Crippen LogP contribution in [0.1, 0.15) is 250 Å². The lowest BCUT2D eigenvalue weighted by molar-refractivity contribution is 1.11. The second-order valence-electron chi connectivity index (χ2n) is 11.1. The van der Waals surface area contributed by atoms with Crippen LogP contribution in [-0.2, 0) is 0 Å². The third-order valence-electron chi connectivity index (χ3n) is 4.22. The van der Waals surface area contributed by atoms with E-state index >= 15 is 0 Å². The molecule has 0 fully saturated rings. The van der Waals surface area contributed by atoms with E-state index in [0.29, 0.717) is 132 Å². The summed E-state index contributed by atoms with van der Waals surface area (Å²) in [4.78, 5) is 0. The molecule has 600 valence electrons. The van der Waals surface area contributed by atoms with Crippen molar-refractivity contribution >= 4 is 259 Å². The molecule has 0 aromatic heterocycles. The van der Waals surface area contributed by atoms with Crippen molar-refractivity contribution in [3.63, 3.8) is 0 Å². The van der Waals surface area contributed by atoms with Crippen LogP contribution in [0.3, 0.4) is 0 Å². The van der Waals surface area contributed by atoms with Crippen molar-refractivity contribution in [1.29, 1.82) is 0 Å². The highest BCUT2D eigenvalue weighted by Crippen LogP contribution is 2.26. The van der Waals surface area contributed by atoms with Crippen LogP contribution in [0.4, 0.5) is 0 Å². The van der Waals surface area contributed by atoms with Crippen molar-refractivity contribution in [1.82, 2.24) is 0 Å². The van der Waals surface area contributed by atoms with Crippen molar-refractivity contribution in [2.45, 2.75) is 160 Å². The molecule has 0 aromatic carbocycles. The molecule has 0 radical (unpaired) electrons. The molecule has 0 spiro atoms. The van der Waals surface area contributed by atoms with Crippen LogP contribution in [0.15, 0.2) is 0 Å². The van der Waals surface area contributed by atoms with Crippen molar-refractivity contribution in [3.8, 4) is 0 Å². The second-order valence-corrected chi connectivity index (χ2v) is 34.3. The van der Waals surface area contributed by atoms with Gasteiger partial charge in [-0.1, -0.05) is 342 Å². The van der Waals surface area contributed by atoms with Crippen LogP contribution in [0.2, 0.25) is 0 Å². The molecule has 10 atom stereocenters. The highest BCUT2D eigenvalue weighted by Gasteiger charge is 1.91. The van der Waals surface area contributed by atoms with Crippen molar-refractivity contribution in [3.05, 3.63) is 0 Å². The van der Waals surface area contributed by atoms with E-state index in [1.807, 2.05) is 0 Å². The van der Waals surface area contributed by atoms with Gasteiger partial charge in [-0.05, 0) is 76.7 Å². The predicted octanol–water partition coefficient (Wildman–Crippen LogP) is 20.8. The summed E-state index contributed by atoms with van der Waals surface area (Å²) in [5.41, 5.74) is 24.4. The van der Waals surface area contributed by atoms with Crippen molar-refractivity contribution in [2.75, 3.05) is 215 Å². The van der Waals surface area contributed by atoms with Crippen LogP contribution in [0.5, 0.6) is 0 Å². The molecular formula is C60H156N12S24. The van der Waals surface area contributed by atoms with Gasteiger partial charge in [0.05, 0.1) is 0 Å². The summed E-state index contributed by atoms with van der Waals surface area (Å²) in [6, 6.07) is 0. The Morgan fingerprint density at radius 3 is 0.573 bits per heavy atom. The van der Waals surface area contributed by atoms with Gasteiger partial charge in [-0.15, -0.1) is 0 Å². The zero-order chi connectivity index (χ0) is 134. The van der Waals surface area contributed by atoms with E-state index in [1.54, 1.807) is 20.8 Å². The maximum Gasteiger partial charge on any atom is 0.0434 e. The van der Waals surface area contributed by atoms with Crippen LogP contribution < -0.4 is 68.8 Å². The molecule has 0 heterocycles. The fourth-order valence-corrected chi connectivity index (χ4v) is 14.8. The Bertz CT molecular complexity index is 3680. The fraction of sp³-hybridized carbons (Fsp3) is 1.00. The van der Waals surface area contributed by atoms with Crippen LogP contribution >= 0.6 is 259 Å². The Hall–Kier alpha value is 7.92. The summed E-state index contributed by atoms with van der Waals surface area (Å²) < 4.78 is 476. The first-order valence-corrected chi connectivity index (χ1v) is 52.1. The predicted molar refractivity (Wildman–Crippen MR) is 531 cm³/mol. The van der Waals surface area contributed by atoms with E-state index < -0.39 is 229 Å². The lowest BCUT2D eigenvalue weighted by Crippen LogP contribution is -1.99. The molecule has 0 saturated heterocycles. The van der Waals surface area contributed by atoms with Crippen molar-refractivity contribution in [2.24, 2.45) is 68.8 Å². The summed E-state index contributed by atoms with van der Waals surface area (Å²) in [6.45, 7) is 1.41. The summed E-state index contributed by atoms with van der Waals surface area (Å²) in [5, 5.41) is 0. The maximum absolute atomic E-state index is 7.36. The summed E-state index contributed by atoms with van der Waals surface area (Å²) in [6.07, 6.45) is -11.0. The highest BCUT2D eigenvalue weighted by atomic mass is 33.1. The molecule has 0 saturated carbocycles. The van der Waals surface area contributed by atoms with Gasteiger partial charge in [0.2, 0.25) is 0 Å². The van der Waals surface area contributed by atoms with E-state index in [4.69, 9.17) is 159 Å². The van der Waals surface area contributed by atoms with Gasteiger partial charge in [-0.2, -0.15) is 0 Å². The van der Waals surface area contributed by atoms with E-state index in [0.717, 1.165) is 130 Å². The molecule has 0 aliphatic heterocycles. The number of rotatable bonds is 60. The summed E-state index contributed by atoms with van der Waals surface area (Å²) >= 11 is 0. The van der Waals surface area contributed by atoms with Gasteiger partial charge in [-0.3, -0.25) is 0 Å². The number of hydrogen-bond acceptors (Lipinski definition) is 36. The summed E-state index contributed by atoms with van der Waals surface area (Å²) in [5.74, 6) is 0.550. The lowest BCUT2D eigenvalue weighted by Gasteiger charge is -1.93. The average molecular weight is 1880 g/mol. The topological polar surface area (TPSA) is 312 Å². The minimum Gasteiger partial charge on any atom is -0.330 e. The van der Waals surface area contributed by atoms with Gasteiger partial charge in [0.15, 0.2) is 0 Å². The monoisotopic (exact) mass is 1880 g/mol. The number of nitrogens with two attached hydrogens (primary N) is 12. The van der Waals surface area contributed by atoms with Gasteiger partial charge >= 0.3 is 0 Å². The minimum absolute atomic E-state index is 0.0443. The Morgan fingerprint density at radius 2 is 0.365 bits per heavy atom. The smallest absolute Gasteiger partial charge is 0.0434 e. The molecule has 36 heteroatoms. The summed E-state index contributed by atoms with van der Waals surface area (Å²) in [7, 11) is 17.6. The SMILES string of the molecule is [2H]C(C)C([2H])([2H])SSC([2H])([2H])C([2H])([2H])N.[2H]C(C)C([2H])([2H])SSC([2H])([2H])C([2H])N.[2H]C(C)C([2H])([2H])SSC([2H])([2H])CN.[2H]C(N)C([2H])([2H])SSC([2H])([2H])CC.[2H]C(N)C([2H])([2H])SSCC([2H])([2H])C.[2H]C(SSC([2H])([2H])C([2H])([2H])N)C([2H])([2H])C.[2H]C(SSC([2H])([2H])C([2H])N)C([2H])([2H])C.[2H]C(SSC([2H])([2H])CN)C([2H])([2H])C.[2H]C([2H])(C)CSSC([2H])([2H])C([2H])([2H])N.[2H]C([2H])(C)CSSC([2H])([2H])CN.[2H]C([2H])(CC)SSC([2H])([2H])C([2H])([2H])N.[2H]C([2H])(CC)SSC([2H])([2H])CN. The normalized spacial score (nSPS) is 27.4. The molecule has 24 N–H and O–H groups in total. The Labute approximate surface area is 788 Å². The molecule has 96 heavy (non-hydrogen) atoms. The third-order valence-corrected chi connectivity index (χ3v) is 23.5. The maximum atomic E-state index is 7.36. The average Bonchev–Trinajstić information content (AvgIpc) is 0.827. The van der Waals surface area contributed by atoms with E-state index in [-0.39, 0.29) is 49.9 Å². The molecule has 0 aromatic rings. The standard InChI is InChI=1S/12C5H13NS2/c12*1-2-4-7-8-5-3-6/h12*2-6H2,1H3/i2D2,3D2,4D,5D2;2D2,3D,4D,5D2;2D,3D2,4D2,5D2;2D,3D,4D2,5D2;3D2,4D2,5D2;3D,4D2,5D2;2D2,4D,5D2;2D,4D2,5D2;2D2,3D2,5D2;2D2,3D,5D2;4D2,5D2;2D2,5D2. The first kappa shape index (κ1) is 44.1. The largest absolute Gasteiger partial charge is 0.330 e. The third kappa shape index (κ3) is 225. The Balaban J connectivity index is -0.000000152. The van der Waals surface area contributed by atoms with Gasteiger partial charge < -0.3 is 68.8 Å². The fourth-order valence-electron chi connectivity index (χ4n) is 1.65. The van der Waals surface area contributed by atoms with E-state index in [9.17, 15) is 0 Å². The molecule has 12 nitrogen and oxygen atoms in total. The first-order chi connectivity index (χ1) is 70.3. The van der Waals surface area contributed by atoms with E-state index in [2.05, 4.69) is 0 Å². The van der Waals surface area contributed by atoms with Gasteiger partial charge in [0.25, 0.3) is 0 Å². The van der Waals surface area contributed by atoms with Crippen molar-refractivity contribution < 1.29 is 90.5 Å². The highest BCUT2D eigenvalue weighted by molar-refractivity contribution is 8.79. The first-order valence-electron chi connectivity index (χ1n) is 59.4. The van der Waals surface area contributed by atoms with Gasteiger partial charge in [0.1, 0.15) is 0 Å². The van der Waals surface area contributed by atoms with Crippen LogP contribution in [-0.4, -0.2) is 215 Å². The Morgan fingerprint density at radius 1 is 0.188 bits per heavy atom. The molecular weight excluding hydrogens is 1660 g/mol. The Kier molecular flexibility index (Phi) is 77.0. The van der Waals surface area contributed by atoms with Gasteiger partial charge in [0, 0.05) is 306 Å². The molecule has 0 aliphatic rings. The second kappa shape index (κ2) is 167. The van der Waals surface area contributed by atoms with Crippen LogP contribution in [0.25, 0.3) is 0 Å². The molecule has 10 unspecified atom stereocenters. The zero-order valence-electron chi connectivity index (χ0n) is 122. The van der Waals surface area contributed by atoms with Crippen LogP contribution in [0, 0.1) is 0 Å². The van der Waals surface area contributed by atoms with E-state index in [1.165, 1.54) is 73.1 Å². The molecule has 0 bridgehead atoms. The molecule has 0 rings (SSSR count). The zero-order valence-corrected chi connectivity index (χ0v) is 75.2. The molecule has 0 aliphatic carbocycles. The lowest BCUT2D eigenvalue weighted by atomic mass is 10.6. The quantitative estimate of drug-likeness (QED) is 0.0252. The van der Waals surface area contributed by atoms with Gasteiger partial charge in [-0.25, -0.2) is 0 Å². The minimum atomic E-state index is -2.55. The number of hydrogen-bond donors (Lipinski definition) is 12. The molecule has 0 amide bonds.